The van der Waals surface area contributed by atoms with Crippen molar-refractivity contribution in [2.75, 3.05) is 25.7 Å². The van der Waals surface area contributed by atoms with Gasteiger partial charge in [-0.2, -0.15) is 5.10 Å². The first-order valence-electron chi connectivity index (χ1n) is 8.52. The molecular weight excluding hydrogens is 346 g/mol. The molecule has 7 nitrogen and oxygen atoms in total. The molecule has 2 aromatic rings. The zero-order chi connectivity index (χ0) is 19.2. The fraction of sp³-hybridized carbons (Fsp3) is 0.250. The van der Waals surface area contributed by atoms with Crippen LogP contribution in [-0.4, -0.2) is 38.8 Å². The van der Waals surface area contributed by atoms with Gasteiger partial charge in [0.15, 0.2) is 0 Å². The van der Waals surface area contributed by atoms with E-state index in [9.17, 15) is 9.59 Å². The Kier molecular flexibility index (Phi) is 5.71. The SMILES string of the molecule is COc1ccc(N2CC(C(=O)N/N=C\c3ccccc3OC)CC2=O)cc1. The van der Waals surface area contributed by atoms with E-state index in [-0.39, 0.29) is 18.2 Å². The minimum atomic E-state index is -0.450. The van der Waals surface area contributed by atoms with Crippen LogP contribution in [0.1, 0.15) is 12.0 Å². The molecule has 7 heteroatoms. The second-order valence-electron chi connectivity index (χ2n) is 6.08. The van der Waals surface area contributed by atoms with Crippen LogP contribution in [0.3, 0.4) is 0 Å². The summed E-state index contributed by atoms with van der Waals surface area (Å²) in [5.74, 6) is 0.552. The zero-order valence-electron chi connectivity index (χ0n) is 15.2. The number of nitrogens with one attached hydrogen (secondary N) is 1. The maximum atomic E-state index is 12.4. The summed E-state index contributed by atoms with van der Waals surface area (Å²) in [6.45, 7) is 0.321. The summed E-state index contributed by atoms with van der Waals surface area (Å²) in [6.07, 6.45) is 1.68. The standard InChI is InChI=1S/C20H21N3O4/c1-26-17-9-7-16(8-10-17)23-13-15(11-19(23)24)20(25)22-21-12-14-5-3-4-6-18(14)27-2/h3-10,12,15H,11,13H2,1-2H3,(H,22,25)/b21-12-. The highest BCUT2D eigenvalue weighted by Gasteiger charge is 2.35. The molecule has 0 saturated carbocycles. The van der Waals surface area contributed by atoms with Gasteiger partial charge in [-0.1, -0.05) is 12.1 Å². The summed E-state index contributed by atoms with van der Waals surface area (Å²) >= 11 is 0. The molecule has 0 bridgehead atoms. The van der Waals surface area contributed by atoms with Gasteiger partial charge in [-0.25, -0.2) is 5.43 Å². The fourth-order valence-electron chi connectivity index (χ4n) is 2.92. The quantitative estimate of drug-likeness (QED) is 0.627. The normalized spacial score (nSPS) is 16.6. The highest BCUT2D eigenvalue weighted by Crippen LogP contribution is 2.26. The van der Waals surface area contributed by atoms with Crippen molar-refractivity contribution in [3.63, 3.8) is 0 Å². The van der Waals surface area contributed by atoms with Crippen molar-refractivity contribution in [2.45, 2.75) is 6.42 Å². The van der Waals surface area contributed by atoms with Crippen LogP contribution in [0.4, 0.5) is 5.69 Å². The van der Waals surface area contributed by atoms with E-state index in [1.165, 1.54) is 6.21 Å². The van der Waals surface area contributed by atoms with Crippen LogP contribution in [0.25, 0.3) is 0 Å². The molecule has 27 heavy (non-hydrogen) atoms. The second kappa shape index (κ2) is 8.35. The smallest absolute Gasteiger partial charge is 0.245 e. The Labute approximate surface area is 157 Å². The Bertz CT molecular complexity index is 849. The molecule has 1 aliphatic rings. The Morgan fingerprint density at radius 3 is 2.59 bits per heavy atom. The monoisotopic (exact) mass is 367 g/mol. The number of hydrazone groups is 1. The second-order valence-corrected chi connectivity index (χ2v) is 6.08. The lowest BCUT2D eigenvalue weighted by Crippen LogP contribution is -2.30. The van der Waals surface area contributed by atoms with Crippen LogP contribution >= 0.6 is 0 Å². The lowest BCUT2D eigenvalue weighted by Gasteiger charge is -2.16. The molecule has 0 spiro atoms. The van der Waals surface area contributed by atoms with Gasteiger partial charge >= 0.3 is 0 Å². The molecule has 1 atom stereocenters. The van der Waals surface area contributed by atoms with E-state index < -0.39 is 5.92 Å². The lowest BCUT2D eigenvalue weighted by molar-refractivity contribution is -0.126. The summed E-state index contributed by atoms with van der Waals surface area (Å²) in [6, 6.07) is 14.5. The number of hydrogen-bond donors (Lipinski definition) is 1. The summed E-state index contributed by atoms with van der Waals surface area (Å²) in [7, 11) is 3.16. The Morgan fingerprint density at radius 1 is 1.15 bits per heavy atom. The van der Waals surface area contributed by atoms with Gasteiger partial charge < -0.3 is 14.4 Å². The summed E-state index contributed by atoms with van der Waals surface area (Å²) in [5, 5.41) is 3.99. The molecule has 2 amide bonds. The molecule has 1 heterocycles. The molecule has 1 unspecified atom stereocenters. The molecule has 1 aliphatic heterocycles. The van der Waals surface area contributed by atoms with Crippen LogP contribution in [0, 0.1) is 5.92 Å². The highest BCUT2D eigenvalue weighted by atomic mass is 16.5. The van der Waals surface area contributed by atoms with Crippen molar-refractivity contribution in [3.8, 4) is 11.5 Å². The number of carbonyl (C=O) groups excluding carboxylic acids is 2. The first-order chi connectivity index (χ1) is 13.1. The molecule has 0 aliphatic carbocycles. The molecule has 1 saturated heterocycles. The largest absolute Gasteiger partial charge is 0.497 e. The van der Waals surface area contributed by atoms with Gasteiger partial charge in [0.2, 0.25) is 11.8 Å². The molecule has 0 aromatic heterocycles. The highest BCUT2D eigenvalue weighted by molar-refractivity contribution is 6.00. The third-order valence-electron chi connectivity index (χ3n) is 4.40. The molecule has 1 fully saturated rings. The molecule has 3 rings (SSSR count). The van der Waals surface area contributed by atoms with E-state index in [1.807, 2.05) is 24.3 Å². The topological polar surface area (TPSA) is 80.2 Å². The number of benzene rings is 2. The van der Waals surface area contributed by atoms with Gasteiger partial charge in [0.1, 0.15) is 11.5 Å². The van der Waals surface area contributed by atoms with Crippen molar-refractivity contribution in [2.24, 2.45) is 11.0 Å². The van der Waals surface area contributed by atoms with E-state index in [0.717, 1.165) is 11.3 Å². The number of methoxy groups -OCH3 is 2. The van der Waals surface area contributed by atoms with E-state index in [1.54, 1.807) is 43.4 Å². The Balaban J connectivity index is 1.61. The molecule has 2 aromatic carbocycles. The van der Waals surface area contributed by atoms with Crippen molar-refractivity contribution in [1.29, 1.82) is 0 Å². The van der Waals surface area contributed by atoms with E-state index in [0.29, 0.717) is 18.0 Å². The maximum absolute atomic E-state index is 12.4. The Hall–Kier alpha value is -3.35. The number of nitrogens with zero attached hydrogens (tertiary/aromatic N) is 2. The number of ether oxygens (including phenoxy) is 2. The third-order valence-corrected chi connectivity index (χ3v) is 4.40. The van der Waals surface area contributed by atoms with Crippen LogP contribution in [0.2, 0.25) is 0 Å². The van der Waals surface area contributed by atoms with Crippen molar-refractivity contribution in [3.05, 3.63) is 54.1 Å². The van der Waals surface area contributed by atoms with Gasteiger partial charge in [0, 0.05) is 24.2 Å². The maximum Gasteiger partial charge on any atom is 0.245 e. The minimum Gasteiger partial charge on any atom is -0.497 e. The summed E-state index contributed by atoms with van der Waals surface area (Å²) in [4.78, 5) is 26.2. The van der Waals surface area contributed by atoms with Crippen molar-refractivity contribution >= 4 is 23.7 Å². The average molecular weight is 367 g/mol. The van der Waals surface area contributed by atoms with Crippen LogP contribution in [0.5, 0.6) is 11.5 Å². The van der Waals surface area contributed by atoms with E-state index in [4.69, 9.17) is 9.47 Å². The van der Waals surface area contributed by atoms with Gasteiger partial charge in [-0.3, -0.25) is 9.59 Å². The Morgan fingerprint density at radius 2 is 1.89 bits per heavy atom. The predicted molar refractivity (Wildman–Crippen MR) is 102 cm³/mol. The average Bonchev–Trinajstić information content (AvgIpc) is 3.10. The molecular formula is C20H21N3O4. The van der Waals surface area contributed by atoms with Gasteiger partial charge in [0.05, 0.1) is 26.4 Å². The summed E-state index contributed by atoms with van der Waals surface area (Å²) in [5.41, 5.74) is 4.01. The van der Waals surface area contributed by atoms with Crippen LogP contribution < -0.4 is 19.8 Å². The number of para-hydroxylation sites is 1. The van der Waals surface area contributed by atoms with Gasteiger partial charge in [0.25, 0.3) is 0 Å². The summed E-state index contributed by atoms with van der Waals surface area (Å²) < 4.78 is 10.4. The van der Waals surface area contributed by atoms with Crippen molar-refractivity contribution < 1.29 is 19.1 Å². The first kappa shape index (κ1) is 18.4. The van der Waals surface area contributed by atoms with Crippen LogP contribution in [0.15, 0.2) is 53.6 Å². The minimum absolute atomic E-state index is 0.0889. The van der Waals surface area contributed by atoms with E-state index >= 15 is 0 Å². The predicted octanol–water partition coefficient (Wildman–Crippen LogP) is 2.21. The van der Waals surface area contributed by atoms with Gasteiger partial charge in [-0.05, 0) is 36.4 Å². The first-order valence-corrected chi connectivity index (χ1v) is 8.52. The molecule has 1 N–H and O–H groups in total. The molecule has 0 radical (unpaired) electrons. The van der Waals surface area contributed by atoms with Crippen LogP contribution in [-0.2, 0) is 9.59 Å². The van der Waals surface area contributed by atoms with Crippen molar-refractivity contribution in [1.82, 2.24) is 5.43 Å². The van der Waals surface area contributed by atoms with Gasteiger partial charge in [-0.15, -0.1) is 0 Å². The lowest BCUT2D eigenvalue weighted by atomic mass is 10.1. The number of amides is 2. The number of anilines is 1. The molecule has 140 valence electrons. The fourth-order valence-corrected chi connectivity index (χ4v) is 2.92. The zero-order valence-corrected chi connectivity index (χ0v) is 15.2. The number of rotatable bonds is 6. The third kappa shape index (κ3) is 4.25. The number of hydrogen-bond acceptors (Lipinski definition) is 5. The number of carbonyl (C=O) groups is 2. The van der Waals surface area contributed by atoms with E-state index in [2.05, 4.69) is 10.5 Å².